The van der Waals surface area contributed by atoms with E-state index in [4.69, 9.17) is 5.73 Å². The highest BCUT2D eigenvalue weighted by Crippen LogP contribution is 2.23. The molecule has 2 N–H and O–H groups in total. The Hall–Kier alpha value is -0.530. The summed E-state index contributed by atoms with van der Waals surface area (Å²) in [4.78, 5) is 4.39. The van der Waals surface area contributed by atoms with Crippen molar-refractivity contribution in [2.24, 2.45) is 16.1 Å². The van der Waals surface area contributed by atoms with E-state index in [2.05, 4.69) is 25.8 Å². The molecule has 2 heteroatoms. The third kappa shape index (κ3) is 6.93. The molecule has 0 aromatic rings. The molecule has 0 aromatic carbocycles. The summed E-state index contributed by atoms with van der Waals surface area (Å²) in [6, 6.07) is 0. The number of hydrogen-bond donors (Lipinski definition) is 1. The van der Waals surface area contributed by atoms with Crippen molar-refractivity contribution in [3.05, 3.63) is 0 Å². The first-order valence-electron chi connectivity index (χ1n) is 5.80. The number of rotatable bonds is 7. The number of amidine groups is 1. The van der Waals surface area contributed by atoms with Gasteiger partial charge < -0.3 is 5.73 Å². The fourth-order valence-corrected chi connectivity index (χ4v) is 1.36. The standard InChI is InChI=1S/C12H26N2/c1-5-7-8-9-12(3,4)10-14-11(13)6-2/h5-10H2,1-4H3,(H2,13,14). The minimum Gasteiger partial charge on any atom is -0.387 e. The highest BCUT2D eigenvalue weighted by molar-refractivity contribution is 5.79. The van der Waals surface area contributed by atoms with Crippen LogP contribution in [0.3, 0.4) is 0 Å². The van der Waals surface area contributed by atoms with Gasteiger partial charge in [-0.15, -0.1) is 0 Å². The molecule has 0 aliphatic rings. The molecule has 2 nitrogen and oxygen atoms in total. The molecule has 0 aliphatic heterocycles. The van der Waals surface area contributed by atoms with Crippen LogP contribution >= 0.6 is 0 Å². The molecule has 0 rings (SSSR count). The van der Waals surface area contributed by atoms with Crippen LogP contribution in [0, 0.1) is 5.41 Å². The third-order valence-electron chi connectivity index (χ3n) is 2.53. The molecule has 84 valence electrons. The summed E-state index contributed by atoms with van der Waals surface area (Å²) in [5.74, 6) is 0.786. The van der Waals surface area contributed by atoms with Gasteiger partial charge in [-0.05, 0) is 11.8 Å². The van der Waals surface area contributed by atoms with Crippen LogP contribution in [0.4, 0.5) is 0 Å². The van der Waals surface area contributed by atoms with Gasteiger partial charge in [-0.2, -0.15) is 0 Å². The second kappa shape index (κ2) is 6.86. The van der Waals surface area contributed by atoms with Crippen molar-refractivity contribution in [1.82, 2.24) is 0 Å². The molecule has 0 saturated heterocycles. The van der Waals surface area contributed by atoms with Gasteiger partial charge in [-0.25, -0.2) is 0 Å². The molecule has 0 aliphatic carbocycles. The molecule has 0 saturated carbocycles. The Bertz CT molecular complexity index is 171. The Morgan fingerprint density at radius 3 is 2.36 bits per heavy atom. The Morgan fingerprint density at radius 1 is 1.21 bits per heavy atom. The lowest BCUT2D eigenvalue weighted by atomic mass is 9.87. The summed E-state index contributed by atoms with van der Waals surface area (Å²) in [6.07, 6.45) is 6.05. The minimum atomic E-state index is 0.314. The quantitative estimate of drug-likeness (QED) is 0.380. The van der Waals surface area contributed by atoms with Crippen LogP contribution < -0.4 is 5.73 Å². The van der Waals surface area contributed by atoms with Crippen molar-refractivity contribution in [3.63, 3.8) is 0 Å². The predicted octanol–water partition coefficient (Wildman–Crippen LogP) is 3.36. The highest BCUT2D eigenvalue weighted by atomic mass is 14.9. The summed E-state index contributed by atoms with van der Waals surface area (Å²) >= 11 is 0. The third-order valence-corrected chi connectivity index (χ3v) is 2.53. The second-order valence-corrected chi connectivity index (χ2v) is 4.78. The van der Waals surface area contributed by atoms with E-state index in [1.807, 2.05) is 6.92 Å². The Balaban J connectivity index is 3.82. The molecule has 0 unspecified atom stereocenters. The van der Waals surface area contributed by atoms with E-state index < -0.39 is 0 Å². The van der Waals surface area contributed by atoms with Crippen LogP contribution in [0.2, 0.25) is 0 Å². The van der Waals surface area contributed by atoms with Crippen molar-refractivity contribution in [3.8, 4) is 0 Å². The summed E-state index contributed by atoms with van der Waals surface area (Å²) in [5, 5.41) is 0. The van der Waals surface area contributed by atoms with Crippen LogP contribution in [0.15, 0.2) is 4.99 Å². The normalized spacial score (nSPS) is 13.3. The number of nitrogens with zero attached hydrogens (tertiary/aromatic N) is 1. The van der Waals surface area contributed by atoms with Gasteiger partial charge in [0.1, 0.15) is 0 Å². The molecular formula is C12H26N2. The van der Waals surface area contributed by atoms with E-state index in [-0.39, 0.29) is 0 Å². The predicted molar refractivity (Wildman–Crippen MR) is 64.7 cm³/mol. The molecule has 0 atom stereocenters. The molecule has 0 radical (unpaired) electrons. The Labute approximate surface area is 89.0 Å². The molecule has 0 amide bonds. The SMILES string of the molecule is CCCCCC(C)(C)CN=C(N)CC. The first-order valence-corrected chi connectivity index (χ1v) is 5.80. The Kier molecular flexibility index (Phi) is 6.60. The molecule has 0 aromatic heterocycles. The van der Waals surface area contributed by atoms with Crippen molar-refractivity contribution in [2.75, 3.05) is 6.54 Å². The van der Waals surface area contributed by atoms with E-state index >= 15 is 0 Å². The van der Waals surface area contributed by atoms with E-state index in [0.29, 0.717) is 5.41 Å². The summed E-state index contributed by atoms with van der Waals surface area (Å²) in [6.45, 7) is 9.70. The maximum Gasteiger partial charge on any atom is 0.0934 e. The van der Waals surface area contributed by atoms with Crippen molar-refractivity contribution >= 4 is 5.84 Å². The fraction of sp³-hybridized carbons (Fsp3) is 0.917. The number of aliphatic imine (C=N–C) groups is 1. The lowest BCUT2D eigenvalue weighted by Gasteiger charge is -2.22. The topological polar surface area (TPSA) is 38.4 Å². The molecule has 0 bridgehead atoms. The number of nitrogens with two attached hydrogens (primary N) is 1. The van der Waals surface area contributed by atoms with E-state index in [1.165, 1.54) is 25.7 Å². The van der Waals surface area contributed by atoms with Crippen LogP contribution in [0.1, 0.15) is 59.8 Å². The van der Waals surface area contributed by atoms with Gasteiger partial charge in [0.15, 0.2) is 0 Å². The Morgan fingerprint density at radius 2 is 1.86 bits per heavy atom. The minimum absolute atomic E-state index is 0.314. The van der Waals surface area contributed by atoms with Gasteiger partial charge in [0.25, 0.3) is 0 Å². The zero-order valence-electron chi connectivity index (χ0n) is 10.3. The zero-order valence-corrected chi connectivity index (χ0v) is 10.3. The molecule has 0 spiro atoms. The van der Waals surface area contributed by atoms with Crippen molar-refractivity contribution in [2.45, 2.75) is 59.8 Å². The van der Waals surface area contributed by atoms with Gasteiger partial charge in [0, 0.05) is 13.0 Å². The lowest BCUT2D eigenvalue weighted by molar-refractivity contribution is 0.333. The summed E-state index contributed by atoms with van der Waals surface area (Å²) < 4.78 is 0. The average molecular weight is 198 g/mol. The van der Waals surface area contributed by atoms with Crippen molar-refractivity contribution < 1.29 is 0 Å². The monoisotopic (exact) mass is 198 g/mol. The van der Waals surface area contributed by atoms with Gasteiger partial charge in [-0.1, -0.05) is 47.0 Å². The summed E-state index contributed by atoms with van der Waals surface area (Å²) in [7, 11) is 0. The molecular weight excluding hydrogens is 172 g/mol. The van der Waals surface area contributed by atoms with Crippen LogP contribution in [0.25, 0.3) is 0 Å². The lowest BCUT2D eigenvalue weighted by Crippen LogP contribution is -2.19. The van der Waals surface area contributed by atoms with Gasteiger partial charge in [0.05, 0.1) is 5.84 Å². The van der Waals surface area contributed by atoms with Gasteiger partial charge in [0.2, 0.25) is 0 Å². The number of hydrogen-bond acceptors (Lipinski definition) is 1. The van der Waals surface area contributed by atoms with E-state index in [9.17, 15) is 0 Å². The average Bonchev–Trinajstić information content (AvgIpc) is 2.14. The fourth-order valence-electron chi connectivity index (χ4n) is 1.36. The largest absolute Gasteiger partial charge is 0.387 e. The van der Waals surface area contributed by atoms with Gasteiger partial charge >= 0.3 is 0 Å². The second-order valence-electron chi connectivity index (χ2n) is 4.78. The maximum absolute atomic E-state index is 5.68. The summed E-state index contributed by atoms with van der Waals surface area (Å²) in [5.41, 5.74) is 6.00. The van der Waals surface area contributed by atoms with Crippen LogP contribution in [-0.2, 0) is 0 Å². The molecule has 0 heterocycles. The first-order chi connectivity index (χ1) is 6.52. The van der Waals surface area contributed by atoms with Crippen LogP contribution in [0.5, 0.6) is 0 Å². The molecule has 0 fully saturated rings. The zero-order chi connectivity index (χ0) is 11.0. The van der Waals surface area contributed by atoms with E-state index in [1.54, 1.807) is 0 Å². The highest BCUT2D eigenvalue weighted by Gasteiger charge is 2.16. The van der Waals surface area contributed by atoms with Gasteiger partial charge in [-0.3, -0.25) is 4.99 Å². The number of unbranched alkanes of at least 4 members (excludes halogenated alkanes) is 2. The maximum atomic E-state index is 5.68. The molecule has 14 heavy (non-hydrogen) atoms. The first kappa shape index (κ1) is 13.5. The smallest absolute Gasteiger partial charge is 0.0934 e. The van der Waals surface area contributed by atoms with E-state index in [0.717, 1.165) is 18.8 Å². The van der Waals surface area contributed by atoms with Crippen molar-refractivity contribution in [1.29, 1.82) is 0 Å². The van der Waals surface area contributed by atoms with Crippen LogP contribution in [-0.4, -0.2) is 12.4 Å².